The molecule has 1 aliphatic rings. The lowest BCUT2D eigenvalue weighted by Gasteiger charge is -2.42. The molecular formula is C11H14BrNO. The van der Waals surface area contributed by atoms with Crippen molar-refractivity contribution in [3.8, 4) is 0 Å². The number of nitrogens with one attached hydrogen (secondary N) is 1. The van der Waals surface area contributed by atoms with Crippen molar-refractivity contribution in [3.05, 3.63) is 34.3 Å². The molecular weight excluding hydrogens is 242 g/mol. The molecule has 1 N–H and O–H groups in total. The van der Waals surface area contributed by atoms with Crippen LogP contribution in [0.25, 0.3) is 0 Å². The number of hydrogen-bond donors (Lipinski definition) is 1. The molecule has 0 amide bonds. The number of hydrogen-bond acceptors (Lipinski definition) is 2. The van der Waals surface area contributed by atoms with Gasteiger partial charge in [-0.2, -0.15) is 0 Å². The Hall–Kier alpha value is -0.380. The first-order valence-electron chi connectivity index (χ1n) is 4.73. The van der Waals surface area contributed by atoms with E-state index in [2.05, 4.69) is 45.5 Å². The van der Waals surface area contributed by atoms with Gasteiger partial charge in [0.05, 0.1) is 6.61 Å². The van der Waals surface area contributed by atoms with Crippen molar-refractivity contribution in [2.24, 2.45) is 0 Å². The van der Waals surface area contributed by atoms with Crippen molar-refractivity contribution in [2.45, 2.75) is 5.41 Å². The van der Waals surface area contributed by atoms with Crippen molar-refractivity contribution in [1.82, 2.24) is 5.32 Å². The third-order valence-corrected chi connectivity index (χ3v) is 3.33. The summed E-state index contributed by atoms with van der Waals surface area (Å²) in [5.41, 5.74) is 1.57. The standard InChI is InChI=1S/C11H14BrNO/c1-14-8-11(6-13-7-11)9-2-4-10(12)5-3-9/h2-5,13H,6-8H2,1H3. The fourth-order valence-corrected chi connectivity index (χ4v) is 2.16. The number of rotatable bonds is 3. The van der Waals surface area contributed by atoms with Crippen LogP contribution >= 0.6 is 15.9 Å². The topological polar surface area (TPSA) is 21.3 Å². The van der Waals surface area contributed by atoms with Gasteiger partial charge in [0.25, 0.3) is 0 Å². The molecule has 1 heterocycles. The number of methoxy groups -OCH3 is 1. The van der Waals surface area contributed by atoms with Gasteiger partial charge in [-0.05, 0) is 17.7 Å². The van der Waals surface area contributed by atoms with E-state index >= 15 is 0 Å². The number of halogens is 1. The van der Waals surface area contributed by atoms with Gasteiger partial charge in [-0.25, -0.2) is 0 Å². The van der Waals surface area contributed by atoms with Crippen LogP contribution in [0.3, 0.4) is 0 Å². The highest BCUT2D eigenvalue weighted by Gasteiger charge is 2.38. The summed E-state index contributed by atoms with van der Waals surface area (Å²) in [6.45, 7) is 2.83. The monoisotopic (exact) mass is 255 g/mol. The molecule has 0 bridgehead atoms. The molecule has 1 aliphatic heterocycles. The minimum absolute atomic E-state index is 0.204. The van der Waals surface area contributed by atoms with Gasteiger partial charge in [-0.15, -0.1) is 0 Å². The molecule has 1 fully saturated rings. The van der Waals surface area contributed by atoms with Crippen LogP contribution in [0.1, 0.15) is 5.56 Å². The van der Waals surface area contributed by atoms with Crippen molar-refractivity contribution in [3.63, 3.8) is 0 Å². The largest absolute Gasteiger partial charge is 0.384 e. The van der Waals surface area contributed by atoms with E-state index in [1.165, 1.54) is 5.56 Å². The first-order chi connectivity index (χ1) is 6.77. The molecule has 3 heteroatoms. The highest BCUT2D eigenvalue weighted by Crippen LogP contribution is 2.29. The molecule has 0 unspecified atom stereocenters. The third kappa shape index (κ3) is 1.72. The minimum Gasteiger partial charge on any atom is -0.384 e. The van der Waals surface area contributed by atoms with Gasteiger partial charge in [0, 0.05) is 30.1 Å². The lowest BCUT2D eigenvalue weighted by atomic mass is 9.76. The Bertz CT molecular complexity index is 306. The molecule has 0 atom stereocenters. The molecule has 2 nitrogen and oxygen atoms in total. The van der Waals surface area contributed by atoms with Gasteiger partial charge in [0.1, 0.15) is 0 Å². The van der Waals surface area contributed by atoms with Gasteiger partial charge in [-0.1, -0.05) is 28.1 Å². The van der Waals surface area contributed by atoms with Gasteiger partial charge >= 0.3 is 0 Å². The first-order valence-corrected chi connectivity index (χ1v) is 5.52. The number of benzene rings is 1. The van der Waals surface area contributed by atoms with Crippen LogP contribution in [0.2, 0.25) is 0 Å². The van der Waals surface area contributed by atoms with Crippen LogP contribution in [0.4, 0.5) is 0 Å². The second-order valence-electron chi connectivity index (χ2n) is 3.82. The lowest BCUT2D eigenvalue weighted by molar-refractivity contribution is 0.0947. The van der Waals surface area contributed by atoms with Crippen molar-refractivity contribution in [1.29, 1.82) is 0 Å². The van der Waals surface area contributed by atoms with Gasteiger partial charge in [0.15, 0.2) is 0 Å². The molecule has 1 saturated heterocycles. The van der Waals surface area contributed by atoms with E-state index in [0.29, 0.717) is 0 Å². The van der Waals surface area contributed by atoms with Crippen LogP contribution < -0.4 is 5.32 Å². The summed E-state index contributed by atoms with van der Waals surface area (Å²) in [7, 11) is 1.76. The highest BCUT2D eigenvalue weighted by atomic mass is 79.9. The van der Waals surface area contributed by atoms with Gasteiger partial charge in [-0.3, -0.25) is 0 Å². The molecule has 0 aromatic heterocycles. The van der Waals surface area contributed by atoms with E-state index in [-0.39, 0.29) is 5.41 Å². The Kier molecular flexibility index (Phi) is 2.91. The smallest absolute Gasteiger partial charge is 0.0583 e. The zero-order valence-electron chi connectivity index (χ0n) is 8.22. The minimum atomic E-state index is 0.204. The molecule has 1 aromatic carbocycles. The zero-order chi connectivity index (χ0) is 10.0. The second-order valence-corrected chi connectivity index (χ2v) is 4.74. The zero-order valence-corrected chi connectivity index (χ0v) is 9.80. The van der Waals surface area contributed by atoms with Crippen molar-refractivity contribution >= 4 is 15.9 Å². The summed E-state index contributed by atoms with van der Waals surface area (Å²) in [5.74, 6) is 0. The maximum absolute atomic E-state index is 5.28. The Morgan fingerprint density at radius 1 is 1.36 bits per heavy atom. The normalized spacial score (nSPS) is 19.0. The molecule has 14 heavy (non-hydrogen) atoms. The van der Waals surface area contributed by atoms with Crippen LogP contribution in [0, 0.1) is 0 Å². The van der Waals surface area contributed by atoms with Crippen molar-refractivity contribution in [2.75, 3.05) is 26.8 Å². The molecule has 2 rings (SSSR count). The average molecular weight is 256 g/mol. The van der Waals surface area contributed by atoms with Crippen LogP contribution in [0.5, 0.6) is 0 Å². The fourth-order valence-electron chi connectivity index (χ4n) is 1.90. The average Bonchev–Trinajstić information content (AvgIpc) is 2.13. The van der Waals surface area contributed by atoms with E-state index in [1.807, 2.05) is 0 Å². The molecule has 76 valence electrons. The maximum Gasteiger partial charge on any atom is 0.0583 e. The highest BCUT2D eigenvalue weighted by molar-refractivity contribution is 9.10. The van der Waals surface area contributed by atoms with E-state index < -0.39 is 0 Å². The predicted octanol–water partition coefficient (Wildman–Crippen LogP) is 1.94. The van der Waals surface area contributed by atoms with Gasteiger partial charge in [0.2, 0.25) is 0 Å². The second kappa shape index (κ2) is 4.01. The summed E-state index contributed by atoms with van der Waals surface area (Å²) in [6, 6.07) is 8.52. The Balaban J connectivity index is 2.23. The SMILES string of the molecule is COCC1(c2ccc(Br)cc2)CNC1. The van der Waals surface area contributed by atoms with E-state index in [9.17, 15) is 0 Å². The van der Waals surface area contributed by atoms with E-state index in [1.54, 1.807) is 7.11 Å². The summed E-state index contributed by atoms with van der Waals surface area (Å²) in [5, 5.41) is 3.31. The molecule has 0 aliphatic carbocycles. The lowest BCUT2D eigenvalue weighted by Crippen LogP contribution is -2.59. The fraction of sp³-hybridized carbons (Fsp3) is 0.455. The Morgan fingerprint density at radius 2 is 2.00 bits per heavy atom. The maximum atomic E-state index is 5.28. The first kappa shape index (κ1) is 10.1. The predicted molar refractivity (Wildman–Crippen MR) is 60.6 cm³/mol. The van der Waals surface area contributed by atoms with Crippen LogP contribution in [-0.4, -0.2) is 26.8 Å². The summed E-state index contributed by atoms with van der Waals surface area (Å²) >= 11 is 3.44. The molecule has 0 spiro atoms. The summed E-state index contributed by atoms with van der Waals surface area (Å²) in [6.07, 6.45) is 0. The molecule has 1 aromatic rings. The van der Waals surface area contributed by atoms with Gasteiger partial charge < -0.3 is 10.1 Å². The third-order valence-electron chi connectivity index (χ3n) is 2.80. The van der Waals surface area contributed by atoms with E-state index in [4.69, 9.17) is 4.74 Å². The molecule has 0 radical (unpaired) electrons. The molecule has 0 saturated carbocycles. The summed E-state index contributed by atoms with van der Waals surface area (Å²) in [4.78, 5) is 0. The van der Waals surface area contributed by atoms with Crippen molar-refractivity contribution < 1.29 is 4.74 Å². The van der Waals surface area contributed by atoms with Crippen LogP contribution in [-0.2, 0) is 10.2 Å². The Morgan fingerprint density at radius 3 is 2.43 bits per heavy atom. The number of ether oxygens (including phenoxy) is 1. The van der Waals surface area contributed by atoms with E-state index in [0.717, 1.165) is 24.2 Å². The Labute approximate surface area is 92.8 Å². The summed E-state index contributed by atoms with van der Waals surface area (Å²) < 4.78 is 6.41. The van der Waals surface area contributed by atoms with Crippen LogP contribution in [0.15, 0.2) is 28.7 Å². The quantitative estimate of drug-likeness (QED) is 0.892.